The summed E-state index contributed by atoms with van der Waals surface area (Å²) in [7, 11) is 1.25. The average molecular weight is 418 g/mol. The van der Waals surface area contributed by atoms with E-state index in [-0.39, 0.29) is 23.6 Å². The summed E-state index contributed by atoms with van der Waals surface area (Å²) in [5.41, 5.74) is 6.94. The Kier molecular flexibility index (Phi) is 8.20. The molecule has 1 saturated heterocycles. The molecule has 0 saturated carbocycles. The minimum Gasteiger partial charge on any atom is -0.453 e. The van der Waals surface area contributed by atoms with Gasteiger partial charge in [0.15, 0.2) is 0 Å². The van der Waals surface area contributed by atoms with Gasteiger partial charge in [-0.15, -0.1) is 0 Å². The highest BCUT2D eigenvalue weighted by Gasteiger charge is 2.37. The molecule has 164 valence electrons. The highest BCUT2D eigenvalue weighted by molar-refractivity contribution is 5.95. The lowest BCUT2D eigenvalue weighted by molar-refractivity contribution is -0.140. The molecule has 3 amide bonds. The number of carbonyl (C=O) groups is 3. The molecule has 1 aromatic carbocycles. The molecule has 1 aliphatic heterocycles. The van der Waals surface area contributed by atoms with E-state index in [1.165, 1.54) is 7.11 Å². The Labute approximate surface area is 176 Å². The maximum atomic E-state index is 13.1. The fourth-order valence-electron chi connectivity index (χ4n) is 3.51. The molecule has 0 aromatic heterocycles. The number of nitrogens with two attached hydrogens (primary N) is 1. The van der Waals surface area contributed by atoms with E-state index >= 15 is 0 Å². The van der Waals surface area contributed by atoms with Crippen LogP contribution in [0, 0.1) is 11.3 Å². The molecule has 5 N–H and O–H groups in total. The van der Waals surface area contributed by atoms with Gasteiger partial charge in [0, 0.05) is 18.7 Å². The third kappa shape index (κ3) is 6.20. The van der Waals surface area contributed by atoms with Gasteiger partial charge in [0.2, 0.25) is 11.8 Å². The van der Waals surface area contributed by atoms with E-state index in [0.717, 1.165) is 12.0 Å². The van der Waals surface area contributed by atoms with Gasteiger partial charge in [-0.25, -0.2) is 4.79 Å². The normalized spacial score (nSPS) is 16.8. The SMILES string of the molecule is COC(=O)NC(CC(C)C)C(=O)N1CCC[C@H]1C(=O)NCc1ccc(C(=N)N)cc1. The molecular weight excluding hydrogens is 386 g/mol. The number of nitrogen functional groups attached to an aromatic ring is 1. The first-order valence-corrected chi connectivity index (χ1v) is 10.1. The Balaban J connectivity index is 2.01. The second kappa shape index (κ2) is 10.6. The number of methoxy groups -OCH3 is 1. The van der Waals surface area contributed by atoms with Crippen molar-refractivity contribution in [3.8, 4) is 0 Å². The van der Waals surface area contributed by atoms with Crippen molar-refractivity contribution in [2.45, 2.75) is 51.7 Å². The van der Waals surface area contributed by atoms with Crippen molar-refractivity contribution in [2.75, 3.05) is 13.7 Å². The second-order valence-electron chi connectivity index (χ2n) is 7.84. The standard InChI is InChI=1S/C21H31N5O4/c1-13(2)11-16(25-21(29)30-3)20(28)26-10-4-5-17(26)19(27)24-12-14-6-8-15(9-7-14)18(22)23/h6-9,13,16-17H,4-5,10-12H2,1-3H3,(H3,22,23)(H,24,27)(H,25,29)/t16?,17-/m0/s1. The lowest BCUT2D eigenvalue weighted by atomic mass is 10.0. The number of hydrogen-bond donors (Lipinski definition) is 4. The van der Waals surface area contributed by atoms with Crippen LogP contribution >= 0.6 is 0 Å². The smallest absolute Gasteiger partial charge is 0.407 e. The molecule has 1 aliphatic rings. The van der Waals surface area contributed by atoms with Gasteiger partial charge in [0.1, 0.15) is 17.9 Å². The number of amides is 3. The molecule has 9 nitrogen and oxygen atoms in total. The van der Waals surface area contributed by atoms with Crippen molar-refractivity contribution in [3.63, 3.8) is 0 Å². The van der Waals surface area contributed by atoms with Crippen LogP contribution in [0.4, 0.5) is 4.79 Å². The molecule has 0 aliphatic carbocycles. The van der Waals surface area contributed by atoms with E-state index in [4.69, 9.17) is 11.1 Å². The summed E-state index contributed by atoms with van der Waals surface area (Å²) in [6.07, 6.45) is 1.10. The fourth-order valence-corrected chi connectivity index (χ4v) is 3.51. The molecule has 2 atom stereocenters. The first kappa shape index (κ1) is 23.2. The summed E-state index contributed by atoms with van der Waals surface area (Å²) in [6, 6.07) is 5.75. The predicted octanol–water partition coefficient (Wildman–Crippen LogP) is 1.35. The lowest BCUT2D eigenvalue weighted by Gasteiger charge is -2.29. The van der Waals surface area contributed by atoms with Gasteiger partial charge in [-0.1, -0.05) is 38.1 Å². The van der Waals surface area contributed by atoms with Gasteiger partial charge in [-0.2, -0.15) is 0 Å². The first-order chi connectivity index (χ1) is 14.2. The number of benzene rings is 1. The summed E-state index contributed by atoms with van der Waals surface area (Å²) in [4.78, 5) is 39.0. The number of likely N-dealkylation sites (tertiary alicyclic amines) is 1. The summed E-state index contributed by atoms with van der Waals surface area (Å²) in [5.74, 6) is -0.318. The third-order valence-electron chi connectivity index (χ3n) is 5.05. The number of nitrogens with one attached hydrogen (secondary N) is 3. The Morgan fingerprint density at radius 1 is 1.27 bits per heavy atom. The number of carbonyl (C=O) groups excluding carboxylic acids is 3. The van der Waals surface area contributed by atoms with Gasteiger partial charge in [0.25, 0.3) is 0 Å². The number of rotatable bonds is 8. The summed E-state index contributed by atoms with van der Waals surface area (Å²) < 4.78 is 4.64. The topological polar surface area (TPSA) is 138 Å². The van der Waals surface area contributed by atoms with E-state index in [0.29, 0.717) is 31.5 Å². The Bertz CT molecular complexity index is 778. The van der Waals surface area contributed by atoms with Gasteiger partial charge >= 0.3 is 6.09 Å². The molecule has 9 heteroatoms. The Hall–Kier alpha value is -3.10. The average Bonchev–Trinajstić information content (AvgIpc) is 3.20. The lowest BCUT2D eigenvalue weighted by Crippen LogP contribution is -2.53. The first-order valence-electron chi connectivity index (χ1n) is 10.1. The molecule has 1 unspecified atom stereocenters. The zero-order valence-electron chi connectivity index (χ0n) is 17.7. The molecule has 0 radical (unpaired) electrons. The van der Waals surface area contributed by atoms with Crippen molar-refractivity contribution >= 4 is 23.7 Å². The fraction of sp³-hybridized carbons (Fsp3) is 0.524. The monoisotopic (exact) mass is 417 g/mol. The van der Waals surface area contributed by atoms with Crippen molar-refractivity contribution in [3.05, 3.63) is 35.4 Å². The molecule has 1 heterocycles. The number of ether oxygens (including phenoxy) is 1. The van der Waals surface area contributed by atoms with Crippen molar-refractivity contribution in [1.82, 2.24) is 15.5 Å². The molecule has 0 spiro atoms. The Morgan fingerprint density at radius 2 is 1.93 bits per heavy atom. The van der Waals surface area contributed by atoms with Crippen LogP contribution in [0.3, 0.4) is 0 Å². The number of amidine groups is 1. The predicted molar refractivity (Wildman–Crippen MR) is 113 cm³/mol. The number of alkyl carbamates (subject to hydrolysis) is 1. The summed E-state index contributed by atoms with van der Waals surface area (Å²) in [6.45, 7) is 4.71. The van der Waals surface area contributed by atoms with E-state index in [2.05, 4.69) is 15.4 Å². The van der Waals surface area contributed by atoms with Crippen molar-refractivity contribution in [2.24, 2.45) is 11.7 Å². The largest absolute Gasteiger partial charge is 0.453 e. The van der Waals surface area contributed by atoms with E-state index in [1.54, 1.807) is 29.2 Å². The van der Waals surface area contributed by atoms with E-state index in [1.807, 2.05) is 13.8 Å². The zero-order chi connectivity index (χ0) is 22.3. The molecule has 1 aromatic rings. The van der Waals surface area contributed by atoms with Gasteiger partial charge in [0.05, 0.1) is 7.11 Å². The molecule has 30 heavy (non-hydrogen) atoms. The van der Waals surface area contributed by atoms with Crippen LogP contribution in [-0.4, -0.2) is 54.4 Å². The van der Waals surface area contributed by atoms with Crippen LogP contribution in [0.2, 0.25) is 0 Å². The van der Waals surface area contributed by atoms with Crippen molar-refractivity contribution < 1.29 is 19.1 Å². The molecule has 2 rings (SSSR count). The van der Waals surface area contributed by atoms with Crippen LogP contribution in [0.25, 0.3) is 0 Å². The summed E-state index contributed by atoms with van der Waals surface area (Å²) in [5, 5.41) is 12.9. The zero-order valence-corrected chi connectivity index (χ0v) is 17.7. The van der Waals surface area contributed by atoms with E-state index < -0.39 is 18.2 Å². The van der Waals surface area contributed by atoms with E-state index in [9.17, 15) is 14.4 Å². The van der Waals surface area contributed by atoms with Crippen molar-refractivity contribution in [1.29, 1.82) is 5.41 Å². The number of hydrogen-bond acceptors (Lipinski definition) is 5. The second-order valence-corrected chi connectivity index (χ2v) is 7.84. The minimum atomic E-state index is -0.732. The van der Waals surface area contributed by atoms with Gasteiger partial charge in [-0.3, -0.25) is 15.0 Å². The molecular formula is C21H31N5O4. The quantitative estimate of drug-likeness (QED) is 0.374. The van der Waals surface area contributed by atoms with Crippen LogP contribution in [0.15, 0.2) is 24.3 Å². The minimum absolute atomic E-state index is 0.0118. The van der Waals surface area contributed by atoms with Crippen LogP contribution in [0.5, 0.6) is 0 Å². The highest BCUT2D eigenvalue weighted by atomic mass is 16.5. The molecule has 0 bridgehead atoms. The molecule has 1 fully saturated rings. The third-order valence-corrected chi connectivity index (χ3v) is 5.05. The van der Waals surface area contributed by atoms with Gasteiger partial charge < -0.3 is 26.0 Å². The highest BCUT2D eigenvalue weighted by Crippen LogP contribution is 2.20. The summed E-state index contributed by atoms with van der Waals surface area (Å²) >= 11 is 0. The van der Waals surface area contributed by atoms with Crippen LogP contribution < -0.4 is 16.4 Å². The van der Waals surface area contributed by atoms with Gasteiger partial charge in [-0.05, 0) is 30.7 Å². The Morgan fingerprint density at radius 3 is 2.50 bits per heavy atom. The maximum Gasteiger partial charge on any atom is 0.407 e. The van der Waals surface area contributed by atoms with Crippen LogP contribution in [0.1, 0.15) is 44.2 Å². The number of nitrogens with zero attached hydrogens (tertiary/aromatic N) is 1. The maximum absolute atomic E-state index is 13.1. The van der Waals surface area contributed by atoms with Crippen LogP contribution in [-0.2, 0) is 20.9 Å².